The Hall–Kier alpha value is -0.830. The summed E-state index contributed by atoms with van der Waals surface area (Å²) in [5.41, 5.74) is 0. The van der Waals surface area contributed by atoms with Crippen LogP contribution < -0.4 is 0 Å². The van der Waals surface area contributed by atoms with Crippen LogP contribution in [0.25, 0.3) is 0 Å². The molecule has 3 heteroatoms. The highest BCUT2D eigenvalue weighted by molar-refractivity contribution is 7.10. The average Bonchev–Trinajstić information content (AvgIpc) is 2.70. The fourth-order valence-corrected chi connectivity index (χ4v) is 2.21. The Morgan fingerprint density at radius 3 is 2.80 bits per heavy atom. The third-order valence-electron chi connectivity index (χ3n) is 2.14. The van der Waals surface area contributed by atoms with Crippen LogP contribution in [0, 0.1) is 0 Å². The average molecular weight is 226 g/mol. The molecule has 0 saturated heterocycles. The maximum absolute atomic E-state index is 11.4. The Labute approximate surface area is 95.3 Å². The number of rotatable bonds is 6. The van der Waals surface area contributed by atoms with E-state index in [-0.39, 0.29) is 12.1 Å². The van der Waals surface area contributed by atoms with E-state index in [4.69, 9.17) is 4.74 Å². The third kappa shape index (κ3) is 4.04. The van der Waals surface area contributed by atoms with Crippen molar-refractivity contribution in [1.82, 2.24) is 0 Å². The van der Waals surface area contributed by atoms with Gasteiger partial charge in [0.2, 0.25) is 0 Å². The quantitative estimate of drug-likeness (QED) is 0.687. The topological polar surface area (TPSA) is 26.3 Å². The zero-order valence-electron chi connectivity index (χ0n) is 9.36. The maximum atomic E-state index is 11.4. The normalized spacial score (nSPS) is 12.4. The summed E-state index contributed by atoms with van der Waals surface area (Å²) in [6.45, 7) is 4.09. The van der Waals surface area contributed by atoms with Crippen LogP contribution in [0.1, 0.15) is 50.5 Å². The summed E-state index contributed by atoms with van der Waals surface area (Å²) < 4.78 is 5.45. The summed E-state index contributed by atoms with van der Waals surface area (Å²) >= 11 is 1.65. The third-order valence-corrected chi connectivity index (χ3v) is 3.10. The van der Waals surface area contributed by atoms with Crippen LogP contribution in [0.3, 0.4) is 0 Å². The first kappa shape index (κ1) is 12.2. The van der Waals surface area contributed by atoms with Crippen molar-refractivity contribution in [2.75, 3.05) is 0 Å². The fraction of sp³-hybridized carbons (Fsp3) is 0.583. The van der Waals surface area contributed by atoms with Gasteiger partial charge in [0.15, 0.2) is 0 Å². The van der Waals surface area contributed by atoms with Gasteiger partial charge in [0.25, 0.3) is 0 Å². The van der Waals surface area contributed by atoms with Gasteiger partial charge in [-0.05, 0) is 24.3 Å². The van der Waals surface area contributed by atoms with Crippen LogP contribution in [0.15, 0.2) is 17.5 Å². The minimum Gasteiger partial charge on any atom is -0.457 e. The van der Waals surface area contributed by atoms with Gasteiger partial charge in [-0.25, -0.2) is 0 Å². The van der Waals surface area contributed by atoms with E-state index in [1.165, 1.54) is 0 Å². The number of ether oxygens (including phenoxy) is 1. The lowest BCUT2D eigenvalue weighted by Crippen LogP contribution is -2.09. The molecule has 1 aromatic heterocycles. The Kier molecular flexibility index (Phi) is 5.40. The lowest BCUT2D eigenvalue weighted by atomic mass is 10.2. The molecule has 84 valence electrons. The van der Waals surface area contributed by atoms with Crippen LogP contribution in [0.5, 0.6) is 0 Å². The lowest BCUT2D eigenvalue weighted by Gasteiger charge is -2.15. The van der Waals surface area contributed by atoms with Crippen molar-refractivity contribution in [3.05, 3.63) is 22.4 Å². The van der Waals surface area contributed by atoms with Crippen molar-refractivity contribution in [2.45, 2.75) is 45.6 Å². The zero-order chi connectivity index (χ0) is 11.1. The van der Waals surface area contributed by atoms with Crippen LogP contribution in [0.2, 0.25) is 0 Å². The predicted octanol–water partition coefficient (Wildman–Crippen LogP) is 3.93. The SMILES string of the molecule is CCCC(=O)OC(CCC)c1cccs1. The van der Waals surface area contributed by atoms with E-state index in [9.17, 15) is 4.79 Å². The Morgan fingerprint density at radius 2 is 2.27 bits per heavy atom. The zero-order valence-corrected chi connectivity index (χ0v) is 10.2. The second-order valence-electron chi connectivity index (χ2n) is 3.53. The smallest absolute Gasteiger partial charge is 0.306 e. The molecule has 0 spiro atoms. The molecule has 2 nitrogen and oxygen atoms in total. The Bertz CT molecular complexity index is 280. The van der Waals surface area contributed by atoms with Crippen LogP contribution >= 0.6 is 11.3 Å². The Morgan fingerprint density at radius 1 is 1.47 bits per heavy atom. The molecule has 0 aliphatic carbocycles. The maximum Gasteiger partial charge on any atom is 0.306 e. The monoisotopic (exact) mass is 226 g/mol. The number of esters is 1. The van der Waals surface area contributed by atoms with Crippen molar-refractivity contribution >= 4 is 17.3 Å². The number of hydrogen-bond acceptors (Lipinski definition) is 3. The molecule has 1 heterocycles. The first-order chi connectivity index (χ1) is 7.27. The van der Waals surface area contributed by atoms with Crippen molar-refractivity contribution < 1.29 is 9.53 Å². The van der Waals surface area contributed by atoms with Gasteiger partial charge in [0.05, 0.1) is 0 Å². The lowest BCUT2D eigenvalue weighted by molar-refractivity contribution is -0.149. The summed E-state index contributed by atoms with van der Waals surface area (Å²) in [5, 5.41) is 2.02. The summed E-state index contributed by atoms with van der Waals surface area (Å²) in [6, 6.07) is 4.03. The highest BCUT2D eigenvalue weighted by atomic mass is 32.1. The molecule has 1 unspecified atom stereocenters. The molecular weight excluding hydrogens is 208 g/mol. The van der Waals surface area contributed by atoms with Crippen LogP contribution in [-0.2, 0) is 9.53 Å². The number of carbonyl (C=O) groups is 1. The molecule has 0 amide bonds. The van der Waals surface area contributed by atoms with Gasteiger partial charge >= 0.3 is 5.97 Å². The molecule has 0 bridgehead atoms. The molecule has 0 aromatic carbocycles. The molecule has 0 aliphatic heterocycles. The molecule has 0 aliphatic rings. The van der Waals surface area contributed by atoms with Crippen molar-refractivity contribution in [2.24, 2.45) is 0 Å². The molecule has 1 atom stereocenters. The van der Waals surface area contributed by atoms with E-state index in [2.05, 4.69) is 6.92 Å². The number of thiophene rings is 1. The van der Waals surface area contributed by atoms with Gasteiger partial charge < -0.3 is 4.74 Å². The van der Waals surface area contributed by atoms with Crippen molar-refractivity contribution in [3.63, 3.8) is 0 Å². The molecule has 0 radical (unpaired) electrons. The standard InChI is InChI=1S/C12H18O2S/c1-3-6-10(11-8-5-9-15-11)14-12(13)7-4-2/h5,8-10H,3-4,6-7H2,1-2H3. The molecule has 0 N–H and O–H groups in total. The molecule has 0 fully saturated rings. The Balaban J connectivity index is 2.55. The summed E-state index contributed by atoms with van der Waals surface area (Å²) in [5.74, 6) is -0.0793. The van der Waals surface area contributed by atoms with Crippen molar-refractivity contribution in [3.8, 4) is 0 Å². The van der Waals surface area contributed by atoms with Gasteiger partial charge in [-0.15, -0.1) is 11.3 Å². The van der Waals surface area contributed by atoms with E-state index >= 15 is 0 Å². The highest BCUT2D eigenvalue weighted by Gasteiger charge is 2.15. The number of carbonyl (C=O) groups excluding carboxylic acids is 1. The van der Waals surface area contributed by atoms with Gasteiger partial charge in [0, 0.05) is 11.3 Å². The van der Waals surface area contributed by atoms with Gasteiger partial charge in [-0.1, -0.05) is 26.3 Å². The molecule has 1 aromatic rings. The van der Waals surface area contributed by atoms with E-state index in [1.54, 1.807) is 11.3 Å². The predicted molar refractivity (Wildman–Crippen MR) is 63.0 cm³/mol. The van der Waals surface area contributed by atoms with E-state index in [0.717, 1.165) is 24.1 Å². The fourth-order valence-electron chi connectivity index (χ4n) is 1.42. The number of hydrogen-bond donors (Lipinski definition) is 0. The van der Waals surface area contributed by atoms with Gasteiger partial charge in [-0.2, -0.15) is 0 Å². The van der Waals surface area contributed by atoms with Gasteiger partial charge in [-0.3, -0.25) is 4.79 Å². The summed E-state index contributed by atoms with van der Waals surface area (Å²) in [7, 11) is 0. The molecule has 1 rings (SSSR count). The minimum atomic E-state index is -0.0793. The van der Waals surface area contributed by atoms with E-state index in [0.29, 0.717) is 6.42 Å². The van der Waals surface area contributed by atoms with Crippen molar-refractivity contribution in [1.29, 1.82) is 0 Å². The molecule has 15 heavy (non-hydrogen) atoms. The molecular formula is C12H18O2S. The van der Waals surface area contributed by atoms with Crippen LogP contribution in [0.4, 0.5) is 0 Å². The first-order valence-corrected chi connectivity index (χ1v) is 6.38. The first-order valence-electron chi connectivity index (χ1n) is 5.50. The second kappa shape index (κ2) is 6.62. The van der Waals surface area contributed by atoms with Gasteiger partial charge in [0.1, 0.15) is 6.10 Å². The van der Waals surface area contributed by atoms with E-state index < -0.39 is 0 Å². The molecule has 0 saturated carbocycles. The highest BCUT2D eigenvalue weighted by Crippen LogP contribution is 2.27. The summed E-state index contributed by atoms with van der Waals surface area (Å²) in [6.07, 6.45) is 3.28. The minimum absolute atomic E-state index is 0.0333. The largest absolute Gasteiger partial charge is 0.457 e. The van der Waals surface area contributed by atoms with Crippen LogP contribution in [-0.4, -0.2) is 5.97 Å². The summed E-state index contributed by atoms with van der Waals surface area (Å²) in [4.78, 5) is 12.6. The second-order valence-corrected chi connectivity index (χ2v) is 4.51. The van der Waals surface area contributed by atoms with E-state index in [1.807, 2.05) is 24.4 Å².